The van der Waals surface area contributed by atoms with Crippen LogP contribution in [0, 0.1) is 6.92 Å². The minimum Gasteiger partial charge on any atom is -0.336 e. The minimum atomic E-state index is -3.67. The molecule has 0 spiro atoms. The maximum Gasteiger partial charge on any atom is 0.253 e. The highest BCUT2D eigenvalue weighted by Gasteiger charge is 2.32. The summed E-state index contributed by atoms with van der Waals surface area (Å²) in [5.41, 5.74) is 1.97. The average Bonchev–Trinajstić information content (AvgIpc) is 3.19. The molecule has 0 radical (unpaired) electrons. The smallest absolute Gasteiger partial charge is 0.253 e. The van der Waals surface area contributed by atoms with Crippen molar-refractivity contribution in [3.63, 3.8) is 0 Å². The molecule has 2 aliphatic heterocycles. The molecule has 4 rings (SSSR count). The maximum atomic E-state index is 13.2. The Kier molecular flexibility index (Phi) is 5.62. The number of benzene rings is 2. The fourth-order valence-corrected chi connectivity index (χ4v) is 5.67. The van der Waals surface area contributed by atoms with Crippen molar-refractivity contribution in [2.24, 2.45) is 0 Å². The lowest BCUT2D eigenvalue weighted by Crippen LogP contribution is -2.50. The minimum absolute atomic E-state index is 0.0733. The molecule has 0 atom stereocenters. The van der Waals surface area contributed by atoms with Crippen LogP contribution in [-0.4, -0.2) is 62.2 Å². The summed E-state index contributed by atoms with van der Waals surface area (Å²) in [4.78, 5) is 28.2. The van der Waals surface area contributed by atoms with Crippen molar-refractivity contribution in [2.75, 3.05) is 37.6 Å². The first-order valence-corrected chi connectivity index (χ1v) is 11.6. The molecule has 2 heterocycles. The van der Waals surface area contributed by atoms with Gasteiger partial charge in [0, 0.05) is 50.4 Å². The van der Waals surface area contributed by atoms with Gasteiger partial charge in [-0.2, -0.15) is 4.31 Å². The predicted molar refractivity (Wildman–Crippen MR) is 114 cm³/mol. The number of carbonyl (C=O) groups is 2. The van der Waals surface area contributed by atoms with Crippen LogP contribution in [0.4, 0.5) is 5.69 Å². The monoisotopic (exact) mass is 427 g/mol. The van der Waals surface area contributed by atoms with E-state index in [2.05, 4.69) is 0 Å². The largest absolute Gasteiger partial charge is 0.336 e. The van der Waals surface area contributed by atoms with Crippen molar-refractivity contribution in [1.82, 2.24) is 9.21 Å². The molecule has 2 aliphatic rings. The number of anilines is 1. The van der Waals surface area contributed by atoms with E-state index < -0.39 is 10.0 Å². The van der Waals surface area contributed by atoms with E-state index >= 15 is 0 Å². The third-order valence-electron chi connectivity index (χ3n) is 5.71. The molecule has 0 aromatic heterocycles. The Bertz CT molecular complexity index is 1060. The molecule has 2 saturated heterocycles. The Morgan fingerprint density at radius 3 is 2.23 bits per heavy atom. The van der Waals surface area contributed by atoms with Crippen LogP contribution in [0.5, 0.6) is 0 Å². The first-order chi connectivity index (χ1) is 14.4. The van der Waals surface area contributed by atoms with Crippen LogP contribution in [0.1, 0.15) is 28.8 Å². The van der Waals surface area contributed by atoms with Crippen molar-refractivity contribution in [1.29, 1.82) is 0 Å². The standard InChI is InChI=1S/C22H25N3O4S/c1-17-16-19(25-11-5-8-21(25)26)9-10-20(17)30(28,29)24-14-12-23(13-15-24)22(27)18-6-3-2-4-7-18/h2-4,6-7,9-10,16H,5,8,11-15H2,1H3. The van der Waals surface area contributed by atoms with Gasteiger partial charge in [0.1, 0.15) is 0 Å². The quantitative estimate of drug-likeness (QED) is 0.750. The van der Waals surface area contributed by atoms with Crippen molar-refractivity contribution < 1.29 is 18.0 Å². The molecule has 8 heteroatoms. The number of aryl methyl sites for hydroxylation is 1. The van der Waals surface area contributed by atoms with Gasteiger partial charge in [0.15, 0.2) is 0 Å². The van der Waals surface area contributed by atoms with Crippen LogP contribution < -0.4 is 4.90 Å². The molecular formula is C22H25N3O4S. The lowest BCUT2D eigenvalue weighted by atomic mass is 10.2. The SMILES string of the molecule is Cc1cc(N2CCCC2=O)ccc1S(=O)(=O)N1CCN(C(=O)c2ccccc2)CC1. The van der Waals surface area contributed by atoms with E-state index in [1.807, 2.05) is 18.2 Å². The fraction of sp³-hybridized carbons (Fsp3) is 0.364. The summed E-state index contributed by atoms with van der Waals surface area (Å²) in [7, 11) is -3.67. The molecule has 0 N–H and O–H groups in total. The summed E-state index contributed by atoms with van der Waals surface area (Å²) in [5, 5.41) is 0. The van der Waals surface area contributed by atoms with E-state index in [4.69, 9.17) is 0 Å². The highest BCUT2D eigenvalue weighted by molar-refractivity contribution is 7.89. The zero-order chi connectivity index (χ0) is 21.3. The van der Waals surface area contributed by atoms with E-state index in [0.29, 0.717) is 37.2 Å². The molecule has 0 saturated carbocycles. The van der Waals surface area contributed by atoms with E-state index in [1.165, 1.54) is 4.31 Å². The summed E-state index contributed by atoms with van der Waals surface area (Å²) in [6.07, 6.45) is 1.36. The topological polar surface area (TPSA) is 78.0 Å². The van der Waals surface area contributed by atoms with Crippen molar-refractivity contribution in [2.45, 2.75) is 24.7 Å². The Hall–Kier alpha value is -2.71. The summed E-state index contributed by atoms with van der Waals surface area (Å²) in [6, 6.07) is 14.1. The summed E-state index contributed by atoms with van der Waals surface area (Å²) < 4.78 is 27.8. The number of rotatable bonds is 4. The number of sulfonamides is 1. The zero-order valence-electron chi connectivity index (χ0n) is 17.0. The second-order valence-electron chi connectivity index (χ2n) is 7.66. The number of hydrogen-bond acceptors (Lipinski definition) is 4. The van der Waals surface area contributed by atoms with Gasteiger partial charge in [-0.15, -0.1) is 0 Å². The highest BCUT2D eigenvalue weighted by Crippen LogP contribution is 2.28. The van der Waals surface area contributed by atoms with Crippen LogP contribution >= 0.6 is 0 Å². The summed E-state index contributed by atoms with van der Waals surface area (Å²) in [5.74, 6) is -0.00678. The van der Waals surface area contributed by atoms with E-state index in [-0.39, 0.29) is 29.8 Å². The molecule has 2 aromatic carbocycles. The second kappa shape index (κ2) is 8.20. The summed E-state index contributed by atoms with van der Waals surface area (Å²) in [6.45, 7) is 3.64. The van der Waals surface area contributed by atoms with Crippen LogP contribution in [-0.2, 0) is 14.8 Å². The van der Waals surface area contributed by atoms with Gasteiger partial charge in [-0.3, -0.25) is 9.59 Å². The second-order valence-corrected chi connectivity index (χ2v) is 9.57. The van der Waals surface area contributed by atoms with Crippen LogP contribution in [0.15, 0.2) is 53.4 Å². The van der Waals surface area contributed by atoms with Gasteiger partial charge in [0.2, 0.25) is 15.9 Å². The molecule has 158 valence electrons. The number of piperazine rings is 1. The highest BCUT2D eigenvalue weighted by atomic mass is 32.2. The van der Waals surface area contributed by atoms with E-state index in [0.717, 1.165) is 12.1 Å². The molecule has 2 amide bonds. The van der Waals surface area contributed by atoms with Gasteiger partial charge < -0.3 is 9.80 Å². The first-order valence-electron chi connectivity index (χ1n) is 10.1. The van der Waals surface area contributed by atoms with Crippen molar-refractivity contribution >= 4 is 27.5 Å². The molecule has 7 nitrogen and oxygen atoms in total. The van der Waals surface area contributed by atoms with Gasteiger partial charge in [-0.05, 0) is 49.2 Å². The van der Waals surface area contributed by atoms with Gasteiger partial charge in [-0.25, -0.2) is 8.42 Å². The molecule has 2 fully saturated rings. The van der Waals surface area contributed by atoms with Crippen LogP contribution in [0.2, 0.25) is 0 Å². The summed E-state index contributed by atoms with van der Waals surface area (Å²) >= 11 is 0. The Labute approximate surface area is 176 Å². The molecular weight excluding hydrogens is 402 g/mol. The number of carbonyl (C=O) groups excluding carboxylic acids is 2. The van der Waals surface area contributed by atoms with Gasteiger partial charge >= 0.3 is 0 Å². The maximum absolute atomic E-state index is 13.2. The fourth-order valence-electron chi connectivity index (χ4n) is 4.05. The molecule has 0 unspecified atom stereocenters. The van der Waals surface area contributed by atoms with Gasteiger partial charge in [0.05, 0.1) is 4.90 Å². The van der Waals surface area contributed by atoms with E-state index in [9.17, 15) is 18.0 Å². The van der Waals surface area contributed by atoms with Crippen LogP contribution in [0.25, 0.3) is 0 Å². The predicted octanol–water partition coefficient (Wildman–Crippen LogP) is 2.27. The third kappa shape index (κ3) is 3.85. The van der Waals surface area contributed by atoms with Crippen LogP contribution in [0.3, 0.4) is 0 Å². The number of hydrogen-bond donors (Lipinski definition) is 0. The third-order valence-corrected chi connectivity index (χ3v) is 7.77. The normalized spacial score (nSPS) is 18.1. The number of nitrogens with zero attached hydrogens (tertiary/aromatic N) is 3. The average molecular weight is 428 g/mol. The van der Waals surface area contributed by atoms with E-state index in [1.54, 1.807) is 47.1 Å². The molecule has 30 heavy (non-hydrogen) atoms. The molecule has 0 aliphatic carbocycles. The number of amides is 2. The van der Waals surface area contributed by atoms with Gasteiger partial charge in [-0.1, -0.05) is 18.2 Å². The lowest BCUT2D eigenvalue weighted by Gasteiger charge is -2.34. The molecule has 2 aromatic rings. The van der Waals surface area contributed by atoms with Crippen molar-refractivity contribution in [3.8, 4) is 0 Å². The lowest BCUT2D eigenvalue weighted by molar-refractivity contribution is -0.117. The first kappa shape index (κ1) is 20.6. The van der Waals surface area contributed by atoms with Gasteiger partial charge in [0.25, 0.3) is 5.91 Å². The Balaban J connectivity index is 1.47. The Morgan fingerprint density at radius 2 is 1.63 bits per heavy atom. The Morgan fingerprint density at radius 1 is 0.933 bits per heavy atom. The van der Waals surface area contributed by atoms with Crippen molar-refractivity contribution in [3.05, 3.63) is 59.7 Å². The zero-order valence-corrected chi connectivity index (χ0v) is 17.8. The molecule has 0 bridgehead atoms.